The van der Waals surface area contributed by atoms with Crippen LogP contribution in [0.4, 0.5) is 0 Å². The summed E-state index contributed by atoms with van der Waals surface area (Å²) in [6.45, 7) is 0.128. The zero-order valence-corrected chi connectivity index (χ0v) is 19.3. The van der Waals surface area contributed by atoms with Crippen LogP contribution in [0.1, 0.15) is 11.1 Å². The minimum Gasteiger partial charge on any atom is -0.351 e. The SMILES string of the molecule is O=C(NCc1ccc(Cl)cc1Cl)[C@@H](Cc1ccccc1)NS(=O)(=O)c1ccc(Cl)cc1. The maximum Gasteiger partial charge on any atom is 0.241 e. The van der Waals surface area contributed by atoms with Crippen LogP contribution >= 0.6 is 34.8 Å². The average molecular weight is 498 g/mol. The maximum atomic E-state index is 12.9. The third kappa shape index (κ3) is 6.69. The van der Waals surface area contributed by atoms with Gasteiger partial charge in [-0.2, -0.15) is 4.72 Å². The molecule has 2 N–H and O–H groups in total. The number of carbonyl (C=O) groups excluding carboxylic acids is 1. The zero-order chi connectivity index (χ0) is 22.4. The van der Waals surface area contributed by atoms with Crippen molar-refractivity contribution in [3.8, 4) is 0 Å². The molecular formula is C22H19Cl3N2O3S. The molecule has 0 heterocycles. The third-order valence-electron chi connectivity index (χ3n) is 4.49. The third-order valence-corrected chi connectivity index (χ3v) is 6.82. The van der Waals surface area contributed by atoms with E-state index in [2.05, 4.69) is 10.0 Å². The van der Waals surface area contributed by atoms with Crippen LogP contribution in [-0.2, 0) is 27.8 Å². The Bertz CT molecular complexity index is 1150. The van der Waals surface area contributed by atoms with E-state index in [9.17, 15) is 13.2 Å². The minimum absolute atomic E-state index is 0.0171. The van der Waals surface area contributed by atoms with Gasteiger partial charge in [0.2, 0.25) is 15.9 Å². The highest BCUT2D eigenvalue weighted by molar-refractivity contribution is 7.89. The van der Waals surface area contributed by atoms with Crippen LogP contribution in [0.2, 0.25) is 15.1 Å². The van der Waals surface area contributed by atoms with Gasteiger partial charge in [-0.25, -0.2) is 8.42 Å². The standard InChI is InChI=1S/C22H19Cl3N2O3S/c23-17-8-10-19(11-9-17)31(29,30)27-21(12-15-4-2-1-3-5-15)22(28)26-14-16-6-7-18(24)13-20(16)25/h1-11,13,21,27H,12,14H2,(H,26,28)/t21-/m1/s1. The molecule has 1 amide bonds. The Hall–Kier alpha value is -2.09. The second-order valence-electron chi connectivity index (χ2n) is 6.77. The Labute approximate surface area is 196 Å². The van der Waals surface area contributed by atoms with E-state index in [1.54, 1.807) is 18.2 Å². The van der Waals surface area contributed by atoms with E-state index in [0.29, 0.717) is 20.6 Å². The lowest BCUT2D eigenvalue weighted by Crippen LogP contribution is -2.47. The number of amides is 1. The molecule has 0 spiro atoms. The van der Waals surface area contributed by atoms with Crippen molar-refractivity contribution in [2.45, 2.75) is 23.9 Å². The first kappa shape index (κ1) is 23.6. The van der Waals surface area contributed by atoms with E-state index in [-0.39, 0.29) is 17.9 Å². The molecule has 0 saturated carbocycles. The molecule has 3 aromatic rings. The molecule has 0 saturated heterocycles. The molecule has 1 atom stereocenters. The highest BCUT2D eigenvalue weighted by Crippen LogP contribution is 2.21. The van der Waals surface area contributed by atoms with Crippen molar-refractivity contribution in [1.82, 2.24) is 10.0 Å². The van der Waals surface area contributed by atoms with E-state index >= 15 is 0 Å². The summed E-state index contributed by atoms with van der Waals surface area (Å²) in [6.07, 6.45) is 0.174. The van der Waals surface area contributed by atoms with Crippen LogP contribution in [0.3, 0.4) is 0 Å². The summed E-state index contributed by atoms with van der Waals surface area (Å²) in [5.41, 5.74) is 1.48. The predicted molar refractivity (Wildman–Crippen MR) is 124 cm³/mol. The summed E-state index contributed by atoms with van der Waals surface area (Å²) in [7, 11) is -3.95. The lowest BCUT2D eigenvalue weighted by molar-refractivity contribution is -0.122. The maximum absolute atomic E-state index is 12.9. The van der Waals surface area contributed by atoms with E-state index in [1.165, 1.54) is 24.3 Å². The van der Waals surface area contributed by atoms with E-state index < -0.39 is 22.0 Å². The zero-order valence-electron chi connectivity index (χ0n) is 16.2. The van der Waals surface area contributed by atoms with Gasteiger partial charge in [0.15, 0.2) is 0 Å². The number of rotatable bonds is 8. The number of nitrogens with one attached hydrogen (secondary N) is 2. The van der Waals surface area contributed by atoms with Crippen LogP contribution in [0.15, 0.2) is 77.7 Å². The van der Waals surface area contributed by atoms with E-state index in [0.717, 1.165) is 5.56 Å². The van der Waals surface area contributed by atoms with Crippen molar-refractivity contribution in [3.05, 3.63) is 99.0 Å². The molecule has 0 radical (unpaired) electrons. The Morgan fingerprint density at radius 1 is 0.871 bits per heavy atom. The Balaban J connectivity index is 1.79. The van der Waals surface area contributed by atoms with Crippen LogP contribution in [0, 0.1) is 0 Å². The van der Waals surface area contributed by atoms with Gasteiger partial charge in [0.05, 0.1) is 4.90 Å². The fourth-order valence-electron chi connectivity index (χ4n) is 2.88. The second kappa shape index (κ2) is 10.5. The van der Waals surface area contributed by atoms with E-state index in [4.69, 9.17) is 34.8 Å². The normalized spacial score (nSPS) is 12.4. The van der Waals surface area contributed by atoms with Gasteiger partial charge in [-0.05, 0) is 53.9 Å². The van der Waals surface area contributed by atoms with Crippen LogP contribution < -0.4 is 10.0 Å². The Kier molecular flexibility index (Phi) is 7.97. The molecule has 5 nitrogen and oxygen atoms in total. The summed E-state index contributed by atoms with van der Waals surface area (Å²) in [5.74, 6) is -0.479. The van der Waals surface area contributed by atoms with Gasteiger partial charge in [-0.15, -0.1) is 0 Å². The summed E-state index contributed by atoms with van der Waals surface area (Å²) in [6, 6.07) is 18.8. The van der Waals surface area contributed by atoms with Gasteiger partial charge in [-0.1, -0.05) is 71.2 Å². The first-order chi connectivity index (χ1) is 14.7. The van der Waals surface area contributed by atoms with Crippen molar-refractivity contribution in [1.29, 1.82) is 0 Å². The second-order valence-corrected chi connectivity index (χ2v) is 9.77. The van der Waals surface area contributed by atoms with Gasteiger partial charge >= 0.3 is 0 Å². The molecule has 0 aromatic heterocycles. The monoisotopic (exact) mass is 496 g/mol. The molecule has 0 aliphatic heterocycles. The molecule has 31 heavy (non-hydrogen) atoms. The first-order valence-electron chi connectivity index (χ1n) is 9.28. The lowest BCUT2D eigenvalue weighted by atomic mass is 10.1. The van der Waals surface area contributed by atoms with Crippen molar-refractivity contribution in [2.75, 3.05) is 0 Å². The van der Waals surface area contributed by atoms with Gasteiger partial charge in [0, 0.05) is 21.6 Å². The average Bonchev–Trinajstić information content (AvgIpc) is 2.73. The van der Waals surface area contributed by atoms with Crippen LogP contribution in [-0.4, -0.2) is 20.4 Å². The molecule has 162 valence electrons. The predicted octanol–water partition coefficient (Wildman–Crippen LogP) is 4.85. The molecule has 3 aromatic carbocycles. The minimum atomic E-state index is -3.95. The number of sulfonamides is 1. The summed E-state index contributed by atoms with van der Waals surface area (Å²) >= 11 is 17.9. The van der Waals surface area contributed by atoms with Crippen LogP contribution in [0.25, 0.3) is 0 Å². The molecular weight excluding hydrogens is 479 g/mol. The first-order valence-corrected chi connectivity index (χ1v) is 11.9. The molecule has 0 aliphatic carbocycles. The Morgan fingerprint density at radius 2 is 1.52 bits per heavy atom. The van der Waals surface area contributed by atoms with Crippen molar-refractivity contribution in [2.24, 2.45) is 0 Å². The van der Waals surface area contributed by atoms with Crippen molar-refractivity contribution >= 4 is 50.7 Å². The fourth-order valence-corrected chi connectivity index (χ4v) is 4.67. The van der Waals surface area contributed by atoms with Gasteiger partial charge in [0.1, 0.15) is 6.04 Å². The van der Waals surface area contributed by atoms with E-state index in [1.807, 2.05) is 30.3 Å². The molecule has 9 heteroatoms. The molecule has 0 unspecified atom stereocenters. The van der Waals surface area contributed by atoms with Crippen LogP contribution in [0.5, 0.6) is 0 Å². The summed E-state index contributed by atoms with van der Waals surface area (Å²) < 4.78 is 28.2. The summed E-state index contributed by atoms with van der Waals surface area (Å²) in [5, 5.41) is 4.06. The summed E-state index contributed by atoms with van der Waals surface area (Å²) in [4.78, 5) is 13.0. The molecule has 0 bridgehead atoms. The molecule has 3 rings (SSSR count). The number of hydrogen-bond acceptors (Lipinski definition) is 3. The number of hydrogen-bond donors (Lipinski definition) is 2. The number of halogens is 3. The Morgan fingerprint density at radius 3 is 2.16 bits per heavy atom. The largest absolute Gasteiger partial charge is 0.351 e. The fraction of sp³-hybridized carbons (Fsp3) is 0.136. The molecule has 0 aliphatic rings. The van der Waals surface area contributed by atoms with Crippen molar-refractivity contribution < 1.29 is 13.2 Å². The van der Waals surface area contributed by atoms with Gasteiger partial charge < -0.3 is 5.32 Å². The van der Waals surface area contributed by atoms with Gasteiger partial charge in [-0.3, -0.25) is 4.79 Å². The number of benzene rings is 3. The number of carbonyl (C=O) groups is 1. The van der Waals surface area contributed by atoms with Gasteiger partial charge in [0.25, 0.3) is 0 Å². The topological polar surface area (TPSA) is 75.3 Å². The lowest BCUT2D eigenvalue weighted by Gasteiger charge is -2.19. The smallest absolute Gasteiger partial charge is 0.241 e. The quantitative estimate of drug-likeness (QED) is 0.467. The molecule has 0 fully saturated rings. The highest BCUT2D eigenvalue weighted by atomic mass is 35.5. The highest BCUT2D eigenvalue weighted by Gasteiger charge is 2.26. The van der Waals surface area contributed by atoms with Crippen molar-refractivity contribution in [3.63, 3.8) is 0 Å².